The Kier molecular flexibility index (Phi) is 2.54. The fraction of sp³-hybridized carbons (Fsp3) is 0. The Morgan fingerprint density at radius 3 is 2.57 bits per heavy atom. The zero-order valence-electron chi connectivity index (χ0n) is 11.1. The Labute approximate surface area is 120 Å². The highest BCUT2D eigenvalue weighted by molar-refractivity contribution is 6.09. The van der Waals surface area contributed by atoms with E-state index in [4.69, 9.17) is 4.42 Å². The highest BCUT2D eigenvalue weighted by atomic mass is 16.3. The van der Waals surface area contributed by atoms with E-state index in [1.807, 2.05) is 54.6 Å². The second-order valence-electron chi connectivity index (χ2n) is 4.84. The normalized spacial score (nSPS) is 11.0. The van der Waals surface area contributed by atoms with Crippen LogP contribution in [0.5, 0.6) is 0 Å². The van der Waals surface area contributed by atoms with E-state index < -0.39 is 0 Å². The standard InChI is InChI=1S/C17H12N2O2/c20-17(18-11-6-2-1-3-7-11)15-10-14-16(21-15)12-8-4-5-9-13(12)19-14/h1-10,19H,(H,18,20). The first-order valence-electron chi connectivity index (χ1n) is 6.68. The maximum absolute atomic E-state index is 12.2. The van der Waals surface area contributed by atoms with Crippen molar-refractivity contribution in [3.63, 3.8) is 0 Å². The minimum Gasteiger partial charge on any atom is -0.449 e. The molecule has 4 aromatic rings. The molecule has 0 bridgehead atoms. The van der Waals surface area contributed by atoms with Gasteiger partial charge in [-0.05, 0) is 24.3 Å². The Hall–Kier alpha value is -3.01. The van der Waals surface area contributed by atoms with E-state index in [9.17, 15) is 4.79 Å². The SMILES string of the molecule is O=C(Nc1ccccc1)c1cc2[nH]c3ccccc3c2o1. The molecular weight excluding hydrogens is 264 g/mol. The Morgan fingerprint density at radius 2 is 1.71 bits per heavy atom. The molecule has 21 heavy (non-hydrogen) atoms. The number of anilines is 1. The molecular formula is C17H12N2O2. The van der Waals surface area contributed by atoms with Crippen LogP contribution in [0.2, 0.25) is 0 Å². The van der Waals surface area contributed by atoms with E-state index in [1.54, 1.807) is 6.07 Å². The third-order valence-electron chi connectivity index (χ3n) is 3.43. The Balaban J connectivity index is 1.72. The van der Waals surface area contributed by atoms with Gasteiger partial charge in [-0.3, -0.25) is 4.79 Å². The van der Waals surface area contributed by atoms with Crippen molar-refractivity contribution in [2.45, 2.75) is 0 Å². The van der Waals surface area contributed by atoms with E-state index in [1.165, 1.54) is 0 Å². The van der Waals surface area contributed by atoms with Crippen LogP contribution < -0.4 is 5.32 Å². The van der Waals surface area contributed by atoms with E-state index in [2.05, 4.69) is 10.3 Å². The number of hydrogen-bond donors (Lipinski definition) is 2. The average Bonchev–Trinajstić information content (AvgIpc) is 3.06. The van der Waals surface area contributed by atoms with Crippen LogP contribution in [-0.4, -0.2) is 10.9 Å². The number of carbonyl (C=O) groups is 1. The number of furan rings is 1. The minimum atomic E-state index is -0.255. The molecule has 2 N–H and O–H groups in total. The van der Waals surface area contributed by atoms with Gasteiger partial charge in [0.05, 0.1) is 5.52 Å². The molecule has 0 radical (unpaired) electrons. The van der Waals surface area contributed by atoms with Gasteiger partial charge in [-0.25, -0.2) is 0 Å². The van der Waals surface area contributed by atoms with Crippen molar-refractivity contribution >= 4 is 33.6 Å². The summed E-state index contributed by atoms with van der Waals surface area (Å²) in [7, 11) is 0. The lowest BCUT2D eigenvalue weighted by Gasteiger charge is -2.01. The quantitative estimate of drug-likeness (QED) is 0.577. The molecule has 0 aliphatic rings. The monoisotopic (exact) mass is 276 g/mol. The third kappa shape index (κ3) is 1.97. The number of rotatable bonds is 2. The van der Waals surface area contributed by atoms with Gasteiger partial charge in [0.25, 0.3) is 5.91 Å². The van der Waals surface area contributed by atoms with E-state index >= 15 is 0 Å². The fourth-order valence-corrected chi connectivity index (χ4v) is 2.45. The molecule has 0 spiro atoms. The molecule has 0 atom stereocenters. The van der Waals surface area contributed by atoms with Crippen LogP contribution in [0, 0.1) is 0 Å². The topological polar surface area (TPSA) is 58.0 Å². The largest absolute Gasteiger partial charge is 0.449 e. The number of H-pyrrole nitrogens is 1. The number of aromatic amines is 1. The first-order chi connectivity index (χ1) is 10.3. The second-order valence-corrected chi connectivity index (χ2v) is 4.84. The van der Waals surface area contributed by atoms with Crippen molar-refractivity contribution in [3.05, 3.63) is 66.4 Å². The van der Waals surface area contributed by atoms with E-state index in [-0.39, 0.29) is 5.91 Å². The predicted octanol–water partition coefficient (Wildman–Crippen LogP) is 4.17. The first kappa shape index (κ1) is 11.8. The van der Waals surface area contributed by atoms with Gasteiger partial charge in [0.1, 0.15) is 0 Å². The summed E-state index contributed by atoms with van der Waals surface area (Å²) < 4.78 is 5.71. The zero-order chi connectivity index (χ0) is 14.2. The number of fused-ring (bicyclic) bond motifs is 3. The molecule has 4 heteroatoms. The molecule has 0 saturated carbocycles. The lowest BCUT2D eigenvalue weighted by molar-refractivity contribution is 0.0999. The van der Waals surface area contributed by atoms with Gasteiger partial charge in [-0.2, -0.15) is 0 Å². The van der Waals surface area contributed by atoms with Crippen LogP contribution in [0.4, 0.5) is 5.69 Å². The molecule has 2 heterocycles. The fourth-order valence-electron chi connectivity index (χ4n) is 2.45. The number of carbonyl (C=O) groups excluding carboxylic acids is 1. The number of aromatic nitrogens is 1. The van der Waals surface area contributed by atoms with Gasteiger partial charge in [0, 0.05) is 22.7 Å². The molecule has 2 aromatic carbocycles. The third-order valence-corrected chi connectivity index (χ3v) is 3.43. The number of para-hydroxylation sites is 2. The van der Waals surface area contributed by atoms with Crippen LogP contribution in [-0.2, 0) is 0 Å². The van der Waals surface area contributed by atoms with Crippen molar-refractivity contribution < 1.29 is 9.21 Å². The number of amides is 1. The summed E-state index contributed by atoms with van der Waals surface area (Å²) in [6.07, 6.45) is 0. The maximum Gasteiger partial charge on any atom is 0.291 e. The second kappa shape index (κ2) is 4.52. The predicted molar refractivity (Wildman–Crippen MR) is 82.5 cm³/mol. The molecule has 4 rings (SSSR count). The number of nitrogens with one attached hydrogen (secondary N) is 2. The Bertz CT molecular complexity index is 935. The Morgan fingerprint density at radius 1 is 0.952 bits per heavy atom. The molecule has 0 saturated heterocycles. The van der Waals surface area contributed by atoms with E-state index in [0.29, 0.717) is 11.3 Å². The minimum absolute atomic E-state index is 0.255. The zero-order valence-corrected chi connectivity index (χ0v) is 11.1. The van der Waals surface area contributed by atoms with E-state index in [0.717, 1.165) is 22.1 Å². The van der Waals surface area contributed by atoms with Gasteiger partial charge in [-0.1, -0.05) is 30.3 Å². The summed E-state index contributed by atoms with van der Waals surface area (Å²) in [5.41, 5.74) is 3.28. The lowest BCUT2D eigenvalue weighted by Crippen LogP contribution is -2.10. The van der Waals surface area contributed by atoms with Gasteiger partial charge in [-0.15, -0.1) is 0 Å². The lowest BCUT2D eigenvalue weighted by atomic mass is 10.2. The molecule has 4 nitrogen and oxygen atoms in total. The first-order valence-corrected chi connectivity index (χ1v) is 6.68. The van der Waals surface area contributed by atoms with Crippen LogP contribution >= 0.6 is 0 Å². The van der Waals surface area contributed by atoms with Crippen LogP contribution in [0.1, 0.15) is 10.6 Å². The smallest absolute Gasteiger partial charge is 0.291 e. The van der Waals surface area contributed by atoms with Crippen molar-refractivity contribution in [1.29, 1.82) is 0 Å². The average molecular weight is 276 g/mol. The van der Waals surface area contributed by atoms with Gasteiger partial charge in [0.2, 0.25) is 0 Å². The van der Waals surface area contributed by atoms with Crippen molar-refractivity contribution in [3.8, 4) is 0 Å². The molecule has 0 aliphatic heterocycles. The molecule has 102 valence electrons. The molecule has 2 aromatic heterocycles. The van der Waals surface area contributed by atoms with Gasteiger partial charge < -0.3 is 14.7 Å². The number of hydrogen-bond acceptors (Lipinski definition) is 2. The van der Waals surface area contributed by atoms with Crippen molar-refractivity contribution in [2.24, 2.45) is 0 Å². The summed E-state index contributed by atoms with van der Waals surface area (Å²) in [4.78, 5) is 15.4. The highest BCUT2D eigenvalue weighted by Crippen LogP contribution is 2.28. The summed E-state index contributed by atoms with van der Waals surface area (Å²) in [6, 6.07) is 18.9. The number of benzene rings is 2. The summed E-state index contributed by atoms with van der Waals surface area (Å²) in [6.45, 7) is 0. The molecule has 0 fully saturated rings. The van der Waals surface area contributed by atoms with Crippen molar-refractivity contribution in [2.75, 3.05) is 5.32 Å². The summed E-state index contributed by atoms with van der Waals surface area (Å²) in [5.74, 6) is 0.0423. The summed E-state index contributed by atoms with van der Waals surface area (Å²) >= 11 is 0. The highest BCUT2D eigenvalue weighted by Gasteiger charge is 2.15. The summed E-state index contributed by atoms with van der Waals surface area (Å²) in [5, 5.41) is 3.79. The van der Waals surface area contributed by atoms with Crippen molar-refractivity contribution in [1.82, 2.24) is 4.98 Å². The van der Waals surface area contributed by atoms with Crippen LogP contribution in [0.25, 0.3) is 22.0 Å². The van der Waals surface area contributed by atoms with Gasteiger partial charge >= 0.3 is 0 Å². The van der Waals surface area contributed by atoms with Gasteiger partial charge in [0.15, 0.2) is 11.3 Å². The molecule has 0 aliphatic carbocycles. The molecule has 0 unspecified atom stereocenters. The maximum atomic E-state index is 12.2. The van der Waals surface area contributed by atoms with Crippen LogP contribution in [0.3, 0.4) is 0 Å². The van der Waals surface area contributed by atoms with Crippen LogP contribution in [0.15, 0.2) is 65.1 Å². The molecule has 1 amide bonds.